The average Bonchev–Trinajstić information content (AvgIpc) is 2.33. The van der Waals surface area contributed by atoms with Crippen LogP contribution < -0.4 is 10.0 Å². The molecule has 6 heteroatoms. The van der Waals surface area contributed by atoms with Crippen LogP contribution in [0.5, 0.6) is 0 Å². The van der Waals surface area contributed by atoms with E-state index in [2.05, 4.69) is 35.7 Å². The molecular weight excluding hydrogens is 262 g/mol. The minimum atomic E-state index is -3.10. The number of unbranched alkanes of at least 4 members (excludes halogenated alkanes) is 1. The molecule has 0 aliphatic rings. The molecule has 0 rings (SSSR count). The molecule has 0 heterocycles. The summed E-state index contributed by atoms with van der Waals surface area (Å²) in [4.78, 5) is 2.12. The molecule has 0 saturated heterocycles. The van der Waals surface area contributed by atoms with Crippen molar-refractivity contribution in [2.45, 2.75) is 46.1 Å². The summed E-state index contributed by atoms with van der Waals surface area (Å²) in [6.45, 7) is 9.46. The standard InChI is InChI=1S/C13H31N3O2S/c1-5-8-14-9-6-7-12-19(17,18)15-10-11-16(4)13(2)3/h13-15H,5-12H2,1-4H3. The van der Waals surface area contributed by atoms with Gasteiger partial charge in [0, 0.05) is 19.1 Å². The van der Waals surface area contributed by atoms with Gasteiger partial charge in [0.05, 0.1) is 5.75 Å². The number of nitrogens with zero attached hydrogens (tertiary/aromatic N) is 1. The van der Waals surface area contributed by atoms with Gasteiger partial charge in [0.25, 0.3) is 0 Å². The Kier molecular flexibility index (Phi) is 10.5. The first-order valence-corrected chi connectivity index (χ1v) is 8.92. The molecule has 19 heavy (non-hydrogen) atoms. The second-order valence-electron chi connectivity index (χ2n) is 5.24. The number of rotatable bonds is 12. The summed E-state index contributed by atoms with van der Waals surface area (Å²) in [5, 5.41) is 3.27. The van der Waals surface area contributed by atoms with E-state index in [0.717, 1.165) is 32.5 Å². The van der Waals surface area contributed by atoms with Crippen LogP contribution in [0, 0.1) is 0 Å². The van der Waals surface area contributed by atoms with Crippen LogP contribution in [0.2, 0.25) is 0 Å². The fraction of sp³-hybridized carbons (Fsp3) is 1.00. The van der Waals surface area contributed by atoms with Gasteiger partial charge in [-0.25, -0.2) is 13.1 Å². The summed E-state index contributed by atoms with van der Waals surface area (Å²) in [6.07, 6.45) is 2.74. The molecular formula is C13H31N3O2S. The highest BCUT2D eigenvalue weighted by Crippen LogP contribution is 1.95. The summed E-state index contributed by atoms with van der Waals surface area (Å²) in [5.74, 6) is 0.228. The zero-order valence-corrected chi connectivity index (χ0v) is 13.7. The largest absolute Gasteiger partial charge is 0.317 e. The van der Waals surface area contributed by atoms with E-state index in [9.17, 15) is 8.42 Å². The molecule has 0 aliphatic carbocycles. The lowest BCUT2D eigenvalue weighted by Crippen LogP contribution is -2.37. The lowest BCUT2D eigenvalue weighted by Gasteiger charge is -2.20. The molecule has 0 spiro atoms. The normalized spacial score (nSPS) is 12.5. The first kappa shape index (κ1) is 18.8. The summed E-state index contributed by atoms with van der Waals surface area (Å²) >= 11 is 0. The van der Waals surface area contributed by atoms with Crippen LogP contribution in [0.4, 0.5) is 0 Å². The highest BCUT2D eigenvalue weighted by molar-refractivity contribution is 7.89. The Balaban J connectivity index is 3.64. The quantitative estimate of drug-likeness (QED) is 0.528. The Morgan fingerprint density at radius 2 is 1.79 bits per heavy atom. The zero-order valence-electron chi connectivity index (χ0n) is 12.9. The Hall–Kier alpha value is -0.170. The maximum atomic E-state index is 11.7. The SMILES string of the molecule is CCCNCCCCS(=O)(=O)NCCN(C)C(C)C. The third-order valence-electron chi connectivity index (χ3n) is 3.11. The third kappa shape index (κ3) is 11.4. The zero-order chi connectivity index (χ0) is 14.7. The van der Waals surface area contributed by atoms with Crippen molar-refractivity contribution in [2.75, 3.05) is 39.0 Å². The van der Waals surface area contributed by atoms with E-state index in [4.69, 9.17) is 0 Å². The van der Waals surface area contributed by atoms with Crippen LogP contribution in [-0.4, -0.2) is 58.3 Å². The van der Waals surface area contributed by atoms with E-state index in [1.54, 1.807) is 0 Å². The van der Waals surface area contributed by atoms with Gasteiger partial charge in [-0.2, -0.15) is 0 Å². The molecule has 0 aromatic carbocycles. The van der Waals surface area contributed by atoms with Crippen LogP contribution in [0.1, 0.15) is 40.0 Å². The van der Waals surface area contributed by atoms with Gasteiger partial charge in [-0.05, 0) is 53.2 Å². The molecule has 0 aromatic rings. The number of hydrogen-bond acceptors (Lipinski definition) is 4. The van der Waals surface area contributed by atoms with Crippen molar-refractivity contribution >= 4 is 10.0 Å². The van der Waals surface area contributed by atoms with Crippen molar-refractivity contribution < 1.29 is 8.42 Å². The van der Waals surface area contributed by atoms with Crippen LogP contribution in [0.15, 0.2) is 0 Å². The van der Waals surface area contributed by atoms with Crippen LogP contribution >= 0.6 is 0 Å². The number of hydrogen-bond donors (Lipinski definition) is 2. The Morgan fingerprint density at radius 3 is 2.37 bits per heavy atom. The van der Waals surface area contributed by atoms with Crippen molar-refractivity contribution in [1.29, 1.82) is 0 Å². The Labute approximate surface area is 119 Å². The Bertz CT molecular complexity index is 305. The van der Waals surface area contributed by atoms with E-state index >= 15 is 0 Å². The van der Waals surface area contributed by atoms with Crippen molar-refractivity contribution in [3.05, 3.63) is 0 Å². The molecule has 116 valence electrons. The highest BCUT2D eigenvalue weighted by atomic mass is 32.2. The molecule has 0 radical (unpaired) electrons. The molecule has 0 aliphatic heterocycles. The average molecular weight is 293 g/mol. The van der Waals surface area contributed by atoms with Gasteiger partial charge >= 0.3 is 0 Å². The molecule has 0 atom stereocenters. The van der Waals surface area contributed by atoms with Gasteiger partial charge in [-0.3, -0.25) is 0 Å². The number of nitrogens with one attached hydrogen (secondary N) is 2. The lowest BCUT2D eigenvalue weighted by molar-refractivity contribution is 0.278. The van der Waals surface area contributed by atoms with E-state index in [1.165, 1.54) is 0 Å². The minimum absolute atomic E-state index is 0.228. The van der Waals surface area contributed by atoms with E-state index in [-0.39, 0.29) is 5.75 Å². The molecule has 2 N–H and O–H groups in total. The smallest absolute Gasteiger partial charge is 0.211 e. The number of sulfonamides is 1. The van der Waals surface area contributed by atoms with Gasteiger partial charge in [-0.15, -0.1) is 0 Å². The van der Waals surface area contributed by atoms with Crippen molar-refractivity contribution in [3.8, 4) is 0 Å². The topological polar surface area (TPSA) is 61.4 Å². The van der Waals surface area contributed by atoms with Crippen molar-refractivity contribution in [2.24, 2.45) is 0 Å². The highest BCUT2D eigenvalue weighted by Gasteiger charge is 2.10. The van der Waals surface area contributed by atoms with E-state index in [0.29, 0.717) is 19.0 Å². The van der Waals surface area contributed by atoms with Crippen molar-refractivity contribution in [1.82, 2.24) is 14.9 Å². The first-order valence-electron chi connectivity index (χ1n) is 7.27. The van der Waals surface area contributed by atoms with E-state index < -0.39 is 10.0 Å². The summed E-state index contributed by atoms with van der Waals surface area (Å²) in [6, 6.07) is 0.439. The molecule has 5 nitrogen and oxygen atoms in total. The maximum absolute atomic E-state index is 11.7. The molecule has 0 fully saturated rings. The summed E-state index contributed by atoms with van der Waals surface area (Å²) in [7, 11) is -1.10. The van der Waals surface area contributed by atoms with E-state index in [1.807, 2.05) is 7.05 Å². The molecule has 0 bridgehead atoms. The minimum Gasteiger partial charge on any atom is -0.317 e. The molecule has 0 aromatic heterocycles. The second kappa shape index (κ2) is 10.6. The van der Waals surface area contributed by atoms with Gasteiger partial charge < -0.3 is 10.2 Å². The molecule has 0 unspecified atom stereocenters. The van der Waals surface area contributed by atoms with Gasteiger partial charge in [0.15, 0.2) is 0 Å². The summed E-state index contributed by atoms with van der Waals surface area (Å²) < 4.78 is 26.1. The second-order valence-corrected chi connectivity index (χ2v) is 7.17. The van der Waals surface area contributed by atoms with Crippen LogP contribution in [-0.2, 0) is 10.0 Å². The maximum Gasteiger partial charge on any atom is 0.211 e. The van der Waals surface area contributed by atoms with Crippen LogP contribution in [0.25, 0.3) is 0 Å². The van der Waals surface area contributed by atoms with Gasteiger partial charge in [0.2, 0.25) is 10.0 Å². The lowest BCUT2D eigenvalue weighted by atomic mass is 10.3. The molecule has 0 amide bonds. The molecule has 0 saturated carbocycles. The van der Waals surface area contributed by atoms with Gasteiger partial charge in [-0.1, -0.05) is 6.92 Å². The summed E-state index contributed by atoms with van der Waals surface area (Å²) in [5.41, 5.74) is 0. The van der Waals surface area contributed by atoms with Gasteiger partial charge in [0.1, 0.15) is 0 Å². The first-order chi connectivity index (χ1) is 8.89. The third-order valence-corrected chi connectivity index (χ3v) is 4.58. The van der Waals surface area contributed by atoms with Crippen molar-refractivity contribution in [3.63, 3.8) is 0 Å². The fourth-order valence-corrected chi connectivity index (χ4v) is 2.68. The number of likely N-dealkylation sites (N-methyl/N-ethyl adjacent to an activating group) is 1. The fourth-order valence-electron chi connectivity index (χ4n) is 1.55. The van der Waals surface area contributed by atoms with Crippen LogP contribution in [0.3, 0.4) is 0 Å². The predicted molar refractivity (Wildman–Crippen MR) is 82.0 cm³/mol. The monoisotopic (exact) mass is 293 g/mol. The predicted octanol–water partition coefficient (Wildman–Crippen LogP) is 1.03. The Morgan fingerprint density at radius 1 is 1.11 bits per heavy atom.